The van der Waals surface area contributed by atoms with E-state index in [2.05, 4.69) is 6.58 Å². The number of hydrogen-bond donors (Lipinski definition) is 0. The molecule has 11 heavy (non-hydrogen) atoms. The van der Waals surface area contributed by atoms with E-state index in [1.165, 1.54) is 7.11 Å². The van der Waals surface area contributed by atoms with Crippen LogP contribution < -0.4 is 0 Å². The second-order valence-corrected chi connectivity index (χ2v) is 2.62. The Labute approximate surface area is 68.2 Å². The summed E-state index contributed by atoms with van der Waals surface area (Å²) in [6.07, 6.45) is 1.02. The quantitative estimate of drug-likeness (QED) is 0.569. The SMILES string of the molecule is C=C(CC)CC(=O)C(C)OC. The van der Waals surface area contributed by atoms with Gasteiger partial charge in [0.05, 0.1) is 0 Å². The Bertz CT molecular complexity index is 150. The maximum Gasteiger partial charge on any atom is 0.165 e. The van der Waals surface area contributed by atoms with Gasteiger partial charge in [-0.25, -0.2) is 0 Å². The van der Waals surface area contributed by atoms with Crippen molar-refractivity contribution in [3.8, 4) is 0 Å². The molecule has 64 valence electrons. The number of ketones is 1. The number of carbonyl (C=O) groups is 1. The molecule has 0 saturated carbocycles. The third-order valence-corrected chi connectivity index (χ3v) is 1.73. The summed E-state index contributed by atoms with van der Waals surface area (Å²) in [5, 5.41) is 0. The number of Topliss-reactive ketones (excluding diaryl/α,β-unsaturated/α-hetero) is 1. The van der Waals surface area contributed by atoms with E-state index in [9.17, 15) is 4.79 Å². The van der Waals surface area contributed by atoms with Crippen LogP contribution in [0.15, 0.2) is 12.2 Å². The van der Waals surface area contributed by atoms with Gasteiger partial charge in [-0.15, -0.1) is 0 Å². The van der Waals surface area contributed by atoms with Gasteiger partial charge in [0, 0.05) is 13.5 Å². The zero-order valence-electron chi connectivity index (χ0n) is 7.52. The molecule has 0 bridgehead atoms. The van der Waals surface area contributed by atoms with Gasteiger partial charge < -0.3 is 4.74 Å². The van der Waals surface area contributed by atoms with Gasteiger partial charge in [-0.05, 0) is 13.3 Å². The van der Waals surface area contributed by atoms with E-state index < -0.39 is 0 Å². The van der Waals surface area contributed by atoms with Gasteiger partial charge in [0.25, 0.3) is 0 Å². The first-order valence-electron chi connectivity index (χ1n) is 3.84. The summed E-state index contributed by atoms with van der Waals surface area (Å²) in [5.74, 6) is 0.111. The van der Waals surface area contributed by atoms with Crippen molar-refractivity contribution in [2.24, 2.45) is 0 Å². The highest BCUT2D eigenvalue weighted by Gasteiger charge is 2.11. The average Bonchev–Trinajstić information content (AvgIpc) is 2.02. The third-order valence-electron chi connectivity index (χ3n) is 1.73. The minimum atomic E-state index is -0.293. The number of ether oxygens (including phenoxy) is 1. The standard InChI is InChI=1S/C9H16O2/c1-5-7(2)6-9(10)8(3)11-4/h8H,2,5-6H2,1,3-4H3. The highest BCUT2D eigenvalue weighted by Crippen LogP contribution is 2.06. The van der Waals surface area contributed by atoms with Crippen molar-refractivity contribution in [1.82, 2.24) is 0 Å². The monoisotopic (exact) mass is 156 g/mol. The molecule has 0 rings (SSSR count). The molecule has 1 unspecified atom stereocenters. The maximum absolute atomic E-state index is 11.2. The number of allylic oxidation sites excluding steroid dienone is 1. The molecule has 0 amide bonds. The molecule has 0 heterocycles. The van der Waals surface area contributed by atoms with E-state index in [0.717, 1.165) is 12.0 Å². The highest BCUT2D eigenvalue weighted by atomic mass is 16.5. The molecule has 0 saturated heterocycles. The van der Waals surface area contributed by atoms with Crippen LogP contribution in [0.4, 0.5) is 0 Å². The van der Waals surface area contributed by atoms with Crippen LogP contribution in [0.3, 0.4) is 0 Å². The molecule has 0 aromatic heterocycles. The van der Waals surface area contributed by atoms with Gasteiger partial charge in [-0.3, -0.25) is 4.79 Å². The minimum Gasteiger partial charge on any atom is -0.374 e. The van der Waals surface area contributed by atoms with Crippen LogP contribution in [0.5, 0.6) is 0 Å². The van der Waals surface area contributed by atoms with Crippen molar-refractivity contribution in [3.05, 3.63) is 12.2 Å². The van der Waals surface area contributed by atoms with Crippen molar-refractivity contribution in [2.75, 3.05) is 7.11 Å². The van der Waals surface area contributed by atoms with Crippen LogP contribution in [-0.2, 0) is 9.53 Å². The van der Waals surface area contributed by atoms with Gasteiger partial charge in [0.15, 0.2) is 5.78 Å². The molecule has 0 radical (unpaired) electrons. The summed E-state index contributed by atoms with van der Waals surface area (Å²) in [6.45, 7) is 7.50. The van der Waals surface area contributed by atoms with Gasteiger partial charge in [-0.2, -0.15) is 0 Å². The highest BCUT2D eigenvalue weighted by molar-refractivity contribution is 5.84. The van der Waals surface area contributed by atoms with E-state index >= 15 is 0 Å². The predicted octanol–water partition coefficient (Wildman–Crippen LogP) is 1.95. The summed E-state index contributed by atoms with van der Waals surface area (Å²) in [5.41, 5.74) is 0.971. The fourth-order valence-corrected chi connectivity index (χ4v) is 0.647. The smallest absolute Gasteiger partial charge is 0.165 e. The van der Waals surface area contributed by atoms with Gasteiger partial charge >= 0.3 is 0 Å². The van der Waals surface area contributed by atoms with E-state index in [-0.39, 0.29) is 11.9 Å². The number of methoxy groups -OCH3 is 1. The Kier molecular flexibility index (Phi) is 4.79. The summed E-state index contributed by atoms with van der Waals surface area (Å²) in [7, 11) is 1.54. The van der Waals surface area contributed by atoms with Crippen molar-refractivity contribution >= 4 is 5.78 Å². The molecule has 2 nitrogen and oxygen atoms in total. The molecule has 0 aliphatic carbocycles. The fourth-order valence-electron chi connectivity index (χ4n) is 0.647. The molecular formula is C9H16O2. The van der Waals surface area contributed by atoms with Gasteiger partial charge in [0.1, 0.15) is 6.10 Å². The van der Waals surface area contributed by atoms with Crippen molar-refractivity contribution in [2.45, 2.75) is 32.8 Å². The van der Waals surface area contributed by atoms with E-state index in [1.54, 1.807) is 6.92 Å². The summed E-state index contributed by atoms with van der Waals surface area (Å²) >= 11 is 0. The lowest BCUT2D eigenvalue weighted by Gasteiger charge is -2.08. The average molecular weight is 156 g/mol. The molecule has 0 fully saturated rings. The van der Waals surface area contributed by atoms with Crippen LogP contribution >= 0.6 is 0 Å². The first-order valence-corrected chi connectivity index (χ1v) is 3.84. The second kappa shape index (κ2) is 5.08. The first kappa shape index (κ1) is 10.4. The van der Waals surface area contributed by atoms with Crippen LogP contribution in [0.25, 0.3) is 0 Å². The largest absolute Gasteiger partial charge is 0.374 e. The molecule has 2 heteroatoms. The lowest BCUT2D eigenvalue weighted by Crippen LogP contribution is -2.18. The Morgan fingerprint density at radius 1 is 1.64 bits per heavy atom. The van der Waals surface area contributed by atoms with Gasteiger partial charge in [-0.1, -0.05) is 19.1 Å². The normalized spacial score (nSPS) is 12.6. The van der Waals surface area contributed by atoms with E-state index in [0.29, 0.717) is 6.42 Å². The summed E-state index contributed by atoms with van der Waals surface area (Å²) in [4.78, 5) is 11.2. The Morgan fingerprint density at radius 3 is 2.55 bits per heavy atom. The molecular weight excluding hydrogens is 140 g/mol. The molecule has 0 spiro atoms. The molecule has 0 aromatic rings. The zero-order chi connectivity index (χ0) is 8.85. The molecule has 1 atom stereocenters. The fraction of sp³-hybridized carbons (Fsp3) is 0.667. The second-order valence-electron chi connectivity index (χ2n) is 2.62. The Balaban J connectivity index is 3.77. The summed E-state index contributed by atoms with van der Waals surface area (Å²) in [6, 6.07) is 0. The number of carbonyl (C=O) groups excluding carboxylic acids is 1. The van der Waals surface area contributed by atoms with E-state index in [4.69, 9.17) is 4.74 Å². The van der Waals surface area contributed by atoms with Crippen LogP contribution in [-0.4, -0.2) is 19.0 Å². The lowest BCUT2D eigenvalue weighted by atomic mass is 10.1. The molecule has 0 aromatic carbocycles. The first-order chi connectivity index (χ1) is 5.11. The van der Waals surface area contributed by atoms with Crippen LogP contribution in [0, 0.1) is 0 Å². The Hall–Kier alpha value is -0.630. The van der Waals surface area contributed by atoms with Crippen molar-refractivity contribution in [1.29, 1.82) is 0 Å². The molecule has 0 aliphatic rings. The predicted molar refractivity (Wildman–Crippen MR) is 45.5 cm³/mol. The minimum absolute atomic E-state index is 0.111. The molecule has 0 aliphatic heterocycles. The van der Waals surface area contributed by atoms with E-state index in [1.807, 2.05) is 6.92 Å². The van der Waals surface area contributed by atoms with Gasteiger partial charge in [0.2, 0.25) is 0 Å². The number of rotatable bonds is 5. The maximum atomic E-state index is 11.2. The third kappa shape index (κ3) is 3.94. The van der Waals surface area contributed by atoms with Crippen molar-refractivity contribution < 1.29 is 9.53 Å². The van der Waals surface area contributed by atoms with Crippen LogP contribution in [0.2, 0.25) is 0 Å². The number of hydrogen-bond acceptors (Lipinski definition) is 2. The topological polar surface area (TPSA) is 26.3 Å². The van der Waals surface area contributed by atoms with Crippen LogP contribution in [0.1, 0.15) is 26.7 Å². The Morgan fingerprint density at radius 2 is 2.18 bits per heavy atom. The zero-order valence-corrected chi connectivity index (χ0v) is 7.52. The molecule has 0 N–H and O–H groups in total. The summed E-state index contributed by atoms with van der Waals surface area (Å²) < 4.78 is 4.87. The lowest BCUT2D eigenvalue weighted by molar-refractivity contribution is -0.127. The van der Waals surface area contributed by atoms with Crippen molar-refractivity contribution in [3.63, 3.8) is 0 Å².